The molecule has 17 heavy (non-hydrogen) atoms. The van der Waals surface area contributed by atoms with Gasteiger partial charge in [-0.2, -0.15) is 0 Å². The third-order valence-electron chi connectivity index (χ3n) is 2.80. The number of carbonyl (C=O) groups is 2. The zero-order valence-corrected chi connectivity index (χ0v) is 10.2. The molecule has 1 N–H and O–H groups in total. The molecule has 2 amide bonds. The standard InChI is InChI=1S/C12H15N3O2/c1-7-4-5-10(8(2)13-7)15-6-11(16)14-9(3)12(15)17/h4-5,9H,6H2,1-3H3,(H,14,16). The number of piperazine rings is 1. The molecule has 1 aromatic rings. The van der Waals surface area contributed by atoms with E-state index in [9.17, 15) is 9.59 Å². The maximum Gasteiger partial charge on any atom is 0.249 e. The van der Waals surface area contributed by atoms with Crippen molar-refractivity contribution < 1.29 is 9.59 Å². The van der Waals surface area contributed by atoms with E-state index >= 15 is 0 Å². The minimum absolute atomic E-state index is 0.0642. The van der Waals surface area contributed by atoms with E-state index < -0.39 is 6.04 Å². The van der Waals surface area contributed by atoms with E-state index in [1.165, 1.54) is 4.90 Å². The number of pyridine rings is 1. The van der Waals surface area contributed by atoms with Gasteiger partial charge in [0, 0.05) is 5.69 Å². The number of nitrogens with zero attached hydrogens (tertiary/aromatic N) is 2. The molecule has 5 heteroatoms. The molecule has 0 aliphatic carbocycles. The second kappa shape index (κ2) is 4.16. The van der Waals surface area contributed by atoms with Gasteiger partial charge >= 0.3 is 0 Å². The second-order valence-corrected chi connectivity index (χ2v) is 4.27. The first-order valence-electron chi connectivity index (χ1n) is 5.54. The van der Waals surface area contributed by atoms with Crippen molar-refractivity contribution in [1.29, 1.82) is 0 Å². The number of hydrogen-bond donors (Lipinski definition) is 1. The van der Waals surface area contributed by atoms with E-state index in [4.69, 9.17) is 0 Å². The van der Waals surface area contributed by atoms with E-state index in [1.54, 1.807) is 6.92 Å². The van der Waals surface area contributed by atoms with Crippen molar-refractivity contribution in [3.63, 3.8) is 0 Å². The molecule has 1 aliphatic heterocycles. The van der Waals surface area contributed by atoms with Gasteiger partial charge in [0.1, 0.15) is 12.6 Å². The van der Waals surface area contributed by atoms with Gasteiger partial charge in [-0.25, -0.2) is 0 Å². The predicted octanol–water partition coefficient (Wildman–Crippen LogP) is 0.550. The zero-order valence-electron chi connectivity index (χ0n) is 10.2. The first kappa shape index (κ1) is 11.6. The summed E-state index contributed by atoms with van der Waals surface area (Å²) < 4.78 is 0. The fourth-order valence-electron chi connectivity index (χ4n) is 1.97. The number of nitrogens with one attached hydrogen (secondary N) is 1. The molecule has 90 valence electrons. The summed E-state index contributed by atoms with van der Waals surface area (Å²) in [6.07, 6.45) is 0. The lowest BCUT2D eigenvalue weighted by Gasteiger charge is -2.31. The molecule has 1 fully saturated rings. The van der Waals surface area contributed by atoms with Crippen LogP contribution < -0.4 is 10.2 Å². The number of anilines is 1. The van der Waals surface area contributed by atoms with Gasteiger partial charge in [0.2, 0.25) is 11.8 Å². The van der Waals surface area contributed by atoms with Crippen LogP contribution in [0.15, 0.2) is 12.1 Å². The Balaban J connectivity index is 2.38. The maximum atomic E-state index is 12.0. The number of aromatic nitrogens is 1. The van der Waals surface area contributed by atoms with Crippen LogP contribution in [0.4, 0.5) is 5.69 Å². The van der Waals surface area contributed by atoms with Gasteiger partial charge < -0.3 is 5.32 Å². The molecule has 1 unspecified atom stereocenters. The molecule has 0 radical (unpaired) electrons. The van der Waals surface area contributed by atoms with Crippen molar-refractivity contribution in [3.05, 3.63) is 23.5 Å². The maximum absolute atomic E-state index is 12.0. The highest BCUT2D eigenvalue weighted by atomic mass is 16.2. The summed E-state index contributed by atoms with van der Waals surface area (Å²) in [5, 5.41) is 2.61. The smallest absolute Gasteiger partial charge is 0.249 e. The first-order chi connectivity index (χ1) is 7.99. The van der Waals surface area contributed by atoms with E-state index in [0.29, 0.717) is 5.69 Å². The number of amides is 2. The van der Waals surface area contributed by atoms with Crippen LogP contribution in [0.5, 0.6) is 0 Å². The average molecular weight is 233 g/mol. The molecule has 2 heterocycles. The van der Waals surface area contributed by atoms with Crippen molar-refractivity contribution in [2.75, 3.05) is 11.4 Å². The van der Waals surface area contributed by atoms with Gasteiger partial charge in [-0.05, 0) is 32.9 Å². The number of rotatable bonds is 1. The van der Waals surface area contributed by atoms with E-state index in [1.807, 2.05) is 26.0 Å². The summed E-state index contributed by atoms with van der Waals surface area (Å²) in [6.45, 7) is 5.48. The van der Waals surface area contributed by atoms with Crippen LogP contribution in [0.1, 0.15) is 18.3 Å². The third kappa shape index (κ3) is 2.13. The highest BCUT2D eigenvalue weighted by Crippen LogP contribution is 2.20. The van der Waals surface area contributed by atoms with E-state index in [-0.39, 0.29) is 18.4 Å². The highest BCUT2D eigenvalue weighted by molar-refractivity contribution is 6.06. The molecular formula is C12H15N3O2. The Kier molecular flexibility index (Phi) is 2.83. The summed E-state index contributed by atoms with van der Waals surface area (Å²) in [4.78, 5) is 29.2. The molecule has 1 aromatic heterocycles. The fourth-order valence-corrected chi connectivity index (χ4v) is 1.97. The molecule has 1 atom stereocenters. The lowest BCUT2D eigenvalue weighted by molar-refractivity contribution is -0.130. The summed E-state index contributed by atoms with van der Waals surface area (Å²) in [5.74, 6) is -0.240. The molecule has 0 bridgehead atoms. The van der Waals surface area contributed by atoms with Crippen LogP contribution in [-0.4, -0.2) is 29.4 Å². The Morgan fingerprint density at radius 2 is 2.06 bits per heavy atom. The van der Waals surface area contributed by atoms with Crippen molar-refractivity contribution in [2.24, 2.45) is 0 Å². The van der Waals surface area contributed by atoms with Crippen molar-refractivity contribution in [1.82, 2.24) is 10.3 Å². The van der Waals surface area contributed by atoms with Gasteiger partial charge in [0.05, 0.1) is 11.4 Å². The molecule has 0 saturated carbocycles. The number of hydrogen-bond acceptors (Lipinski definition) is 3. The fraction of sp³-hybridized carbons (Fsp3) is 0.417. The summed E-state index contributed by atoms with van der Waals surface area (Å²) in [5.41, 5.74) is 2.37. The zero-order chi connectivity index (χ0) is 12.6. The SMILES string of the molecule is Cc1ccc(N2CC(=O)NC(C)C2=O)c(C)n1. The van der Waals surface area contributed by atoms with Crippen LogP contribution in [0.25, 0.3) is 0 Å². The van der Waals surface area contributed by atoms with Gasteiger partial charge in [-0.3, -0.25) is 19.5 Å². The van der Waals surface area contributed by atoms with Gasteiger partial charge in [-0.1, -0.05) is 0 Å². The van der Waals surface area contributed by atoms with Gasteiger partial charge in [-0.15, -0.1) is 0 Å². The van der Waals surface area contributed by atoms with Crippen LogP contribution in [-0.2, 0) is 9.59 Å². The largest absolute Gasteiger partial charge is 0.343 e. The lowest BCUT2D eigenvalue weighted by Crippen LogP contribution is -2.57. The van der Waals surface area contributed by atoms with E-state index in [0.717, 1.165) is 11.4 Å². The third-order valence-corrected chi connectivity index (χ3v) is 2.80. The van der Waals surface area contributed by atoms with Crippen LogP contribution in [0, 0.1) is 13.8 Å². The Hall–Kier alpha value is -1.91. The van der Waals surface area contributed by atoms with Crippen LogP contribution in [0.2, 0.25) is 0 Å². The normalized spacial score (nSPS) is 20.4. The highest BCUT2D eigenvalue weighted by Gasteiger charge is 2.31. The second-order valence-electron chi connectivity index (χ2n) is 4.27. The molecule has 2 rings (SSSR count). The van der Waals surface area contributed by atoms with Crippen LogP contribution >= 0.6 is 0 Å². The first-order valence-corrected chi connectivity index (χ1v) is 5.54. The Labute approximate surface area is 99.8 Å². The molecule has 1 aliphatic rings. The summed E-state index contributed by atoms with van der Waals surface area (Å²) in [7, 11) is 0. The number of aryl methyl sites for hydroxylation is 2. The minimum Gasteiger partial charge on any atom is -0.343 e. The molecule has 1 saturated heterocycles. The predicted molar refractivity (Wildman–Crippen MR) is 63.7 cm³/mol. The van der Waals surface area contributed by atoms with Gasteiger partial charge in [0.25, 0.3) is 0 Å². The molecular weight excluding hydrogens is 218 g/mol. The molecule has 5 nitrogen and oxygen atoms in total. The van der Waals surface area contributed by atoms with Crippen molar-refractivity contribution in [2.45, 2.75) is 26.8 Å². The molecule has 0 aromatic carbocycles. The minimum atomic E-state index is -0.475. The summed E-state index contributed by atoms with van der Waals surface area (Å²) >= 11 is 0. The summed E-state index contributed by atoms with van der Waals surface area (Å²) in [6, 6.07) is 3.20. The monoisotopic (exact) mass is 233 g/mol. The topological polar surface area (TPSA) is 62.3 Å². The van der Waals surface area contributed by atoms with Gasteiger partial charge in [0.15, 0.2) is 0 Å². The van der Waals surface area contributed by atoms with Crippen molar-refractivity contribution in [3.8, 4) is 0 Å². The average Bonchev–Trinajstić information content (AvgIpc) is 2.24. The Bertz CT molecular complexity index is 485. The Morgan fingerprint density at radius 3 is 2.71 bits per heavy atom. The molecule has 0 spiro atoms. The van der Waals surface area contributed by atoms with Crippen LogP contribution in [0.3, 0.4) is 0 Å². The quantitative estimate of drug-likeness (QED) is 0.770. The van der Waals surface area contributed by atoms with E-state index in [2.05, 4.69) is 10.3 Å². The Morgan fingerprint density at radius 1 is 1.35 bits per heavy atom. The van der Waals surface area contributed by atoms with Crippen molar-refractivity contribution >= 4 is 17.5 Å². The lowest BCUT2D eigenvalue weighted by atomic mass is 10.1. The number of carbonyl (C=O) groups excluding carboxylic acids is 2.